The van der Waals surface area contributed by atoms with Gasteiger partial charge in [-0.25, -0.2) is 14.4 Å². The Morgan fingerprint density at radius 1 is 1.40 bits per heavy atom. The topological polar surface area (TPSA) is 54.9 Å². The van der Waals surface area contributed by atoms with Crippen molar-refractivity contribution in [2.24, 2.45) is 0 Å². The lowest BCUT2D eigenvalue weighted by Gasteiger charge is -2.15. The van der Waals surface area contributed by atoms with Crippen molar-refractivity contribution in [3.05, 3.63) is 41.5 Å². The molecule has 0 saturated heterocycles. The molecule has 0 unspecified atom stereocenters. The predicted octanol–water partition coefficient (Wildman–Crippen LogP) is 4.64. The maximum atomic E-state index is 13.2. The summed E-state index contributed by atoms with van der Waals surface area (Å²) < 4.78 is 13.2. The number of carbonyl (C=O) groups excluding carboxylic acids is 1. The fraction of sp³-hybridized carbons (Fsp3) is 0.389. The van der Waals surface area contributed by atoms with Gasteiger partial charge in [0.15, 0.2) is 0 Å². The van der Waals surface area contributed by atoms with E-state index in [0.717, 1.165) is 22.3 Å². The minimum Gasteiger partial charge on any atom is -0.325 e. The summed E-state index contributed by atoms with van der Waals surface area (Å²) in [6.45, 7) is 6.25. The molecule has 2 heterocycles. The summed E-state index contributed by atoms with van der Waals surface area (Å²) in [5.74, 6) is 0.825. The number of hydrogen-bond donors (Lipinski definition) is 1. The summed E-state index contributed by atoms with van der Waals surface area (Å²) in [4.78, 5) is 21.3. The molecular weight excluding hydrogens is 357 g/mol. The Kier molecular flexibility index (Phi) is 5.64. The summed E-state index contributed by atoms with van der Waals surface area (Å²) in [5.41, 5.74) is 1.64. The van der Waals surface area contributed by atoms with Crippen LogP contribution in [0.1, 0.15) is 37.6 Å². The SMILES string of the molecule is CC[C@@H]1c2c(SCC(=O)Nc3cccc(F)c3)nc(C)nc2S[C@@H]1C. The maximum absolute atomic E-state index is 13.2. The molecule has 1 N–H and O–H groups in total. The van der Waals surface area contributed by atoms with E-state index in [1.54, 1.807) is 23.9 Å². The molecule has 7 heteroatoms. The first-order valence-electron chi connectivity index (χ1n) is 8.21. The van der Waals surface area contributed by atoms with Crippen molar-refractivity contribution in [3.63, 3.8) is 0 Å². The van der Waals surface area contributed by atoms with E-state index >= 15 is 0 Å². The monoisotopic (exact) mass is 377 g/mol. The van der Waals surface area contributed by atoms with E-state index in [4.69, 9.17) is 0 Å². The molecule has 1 aliphatic rings. The van der Waals surface area contributed by atoms with Gasteiger partial charge in [0.05, 0.1) is 5.75 Å². The summed E-state index contributed by atoms with van der Waals surface area (Å²) in [6, 6.07) is 5.90. The molecule has 0 radical (unpaired) electrons. The normalized spacial score (nSPS) is 18.9. The van der Waals surface area contributed by atoms with Gasteiger partial charge in [-0.3, -0.25) is 4.79 Å². The zero-order valence-electron chi connectivity index (χ0n) is 14.4. The highest BCUT2D eigenvalue weighted by atomic mass is 32.2. The van der Waals surface area contributed by atoms with Gasteiger partial charge in [-0.05, 0) is 31.5 Å². The van der Waals surface area contributed by atoms with Crippen LogP contribution in [0.15, 0.2) is 34.3 Å². The average molecular weight is 378 g/mol. The molecule has 25 heavy (non-hydrogen) atoms. The summed E-state index contributed by atoms with van der Waals surface area (Å²) in [7, 11) is 0. The number of benzene rings is 1. The number of carbonyl (C=O) groups is 1. The van der Waals surface area contributed by atoms with Crippen molar-refractivity contribution in [1.29, 1.82) is 0 Å². The Morgan fingerprint density at radius 2 is 2.20 bits per heavy atom. The number of halogens is 1. The molecule has 0 saturated carbocycles. The molecule has 0 aliphatic carbocycles. The molecule has 1 aromatic carbocycles. The minimum atomic E-state index is -0.369. The first-order valence-corrected chi connectivity index (χ1v) is 10.1. The number of nitrogens with one attached hydrogen (secondary N) is 1. The number of fused-ring (bicyclic) bond motifs is 1. The van der Waals surface area contributed by atoms with E-state index in [-0.39, 0.29) is 17.5 Å². The number of anilines is 1. The van der Waals surface area contributed by atoms with Crippen LogP contribution in [-0.2, 0) is 4.79 Å². The lowest BCUT2D eigenvalue weighted by Crippen LogP contribution is -2.15. The van der Waals surface area contributed by atoms with Crippen molar-refractivity contribution in [3.8, 4) is 0 Å². The molecule has 4 nitrogen and oxygen atoms in total. The minimum absolute atomic E-state index is 0.174. The van der Waals surface area contributed by atoms with Crippen LogP contribution in [0.5, 0.6) is 0 Å². The standard InChI is InChI=1S/C18H20FN3OS2/c1-4-14-10(2)25-18-16(14)17(20-11(3)21-18)24-9-15(23)22-13-7-5-6-12(19)8-13/h5-8,10,14H,4,9H2,1-3H3,(H,22,23)/t10-,14+/m1/s1. The first-order chi connectivity index (χ1) is 12.0. The summed E-state index contributed by atoms with van der Waals surface area (Å²) >= 11 is 3.21. The Labute approximate surface area is 155 Å². The van der Waals surface area contributed by atoms with E-state index in [9.17, 15) is 9.18 Å². The second kappa shape index (κ2) is 7.74. The van der Waals surface area contributed by atoms with Crippen LogP contribution in [0.25, 0.3) is 0 Å². The smallest absolute Gasteiger partial charge is 0.234 e. The Bertz CT molecular complexity index is 800. The lowest BCUT2D eigenvalue weighted by molar-refractivity contribution is -0.113. The second-order valence-corrected chi connectivity index (χ2v) is 8.31. The van der Waals surface area contributed by atoms with Crippen LogP contribution < -0.4 is 5.32 Å². The van der Waals surface area contributed by atoms with Crippen molar-refractivity contribution >= 4 is 35.1 Å². The van der Waals surface area contributed by atoms with E-state index in [1.807, 2.05) is 6.92 Å². The zero-order valence-corrected chi connectivity index (χ0v) is 16.0. The van der Waals surface area contributed by atoms with Crippen LogP contribution in [0.2, 0.25) is 0 Å². The maximum Gasteiger partial charge on any atom is 0.234 e. The van der Waals surface area contributed by atoms with Crippen LogP contribution in [0.3, 0.4) is 0 Å². The lowest BCUT2D eigenvalue weighted by atomic mass is 9.96. The molecule has 1 aromatic heterocycles. The molecule has 1 amide bonds. The highest BCUT2D eigenvalue weighted by Crippen LogP contribution is 2.48. The van der Waals surface area contributed by atoms with Gasteiger partial charge in [0.25, 0.3) is 0 Å². The van der Waals surface area contributed by atoms with Gasteiger partial charge in [0.2, 0.25) is 5.91 Å². The Balaban J connectivity index is 1.72. The van der Waals surface area contributed by atoms with Crippen LogP contribution in [0, 0.1) is 12.7 Å². The fourth-order valence-electron chi connectivity index (χ4n) is 2.97. The summed E-state index contributed by atoms with van der Waals surface area (Å²) in [5, 5.41) is 5.12. The van der Waals surface area contributed by atoms with Gasteiger partial charge in [-0.2, -0.15) is 0 Å². The van der Waals surface area contributed by atoms with Gasteiger partial charge in [-0.1, -0.05) is 31.7 Å². The van der Waals surface area contributed by atoms with Gasteiger partial charge in [0, 0.05) is 22.4 Å². The van der Waals surface area contributed by atoms with Gasteiger partial charge >= 0.3 is 0 Å². The number of aromatic nitrogens is 2. The van der Waals surface area contributed by atoms with Crippen LogP contribution >= 0.6 is 23.5 Å². The average Bonchev–Trinajstić information content (AvgIpc) is 2.87. The van der Waals surface area contributed by atoms with Crippen molar-refractivity contribution in [2.45, 2.75) is 48.4 Å². The molecule has 0 bridgehead atoms. The van der Waals surface area contributed by atoms with Crippen molar-refractivity contribution in [2.75, 3.05) is 11.1 Å². The Morgan fingerprint density at radius 3 is 2.92 bits per heavy atom. The number of nitrogens with zero attached hydrogens (tertiary/aromatic N) is 2. The van der Waals surface area contributed by atoms with E-state index in [1.165, 1.54) is 29.5 Å². The first kappa shape index (κ1) is 18.2. The zero-order chi connectivity index (χ0) is 18.0. The van der Waals surface area contributed by atoms with Crippen LogP contribution in [0.4, 0.5) is 10.1 Å². The molecular formula is C18H20FN3OS2. The number of hydrogen-bond acceptors (Lipinski definition) is 5. The van der Waals surface area contributed by atoms with E-state index in [0.29, 0.717) is 16.9 Å². The molecule has 0 fully saturated rings. The van der Waals surface area contributed by atoms with Gasteiger partial charge in [0.1, 0.15) is 21.7 Å². The largest absolute Gasteiger partial charge is 0.325 e. The third-order valence-electron chi connectivity index (χ3n) is 4.11. The number of rotatable bonds is 5. The molecule has 0 spiro atoms. The third kappa shape index (κ3) is 4.15. The molecule has 1 aliphatic heterocycles. The second-order valence-electron chi connectivity index (χ2n) is 5.98. The molecule has 2 aromatic rings. The van der Waals surface area contributed by atoms with E-state index in [2.05, 4.69) is 29.1 Å². The van der Waals surface area contributed by atoms with Gasteiger partial charge < -0.3 is 5.32 Å². The van der Waals surface area contributed by atoms with Crippen molar-refractivity contribution < 1.29 is 9.18 Å². The summed E-state index contributed by atoms with van der Waals surface area (Å²) in [6.07, 6.45) is 1.02. The quantitative estimate of drug-likeness (QED) is 0.607. The molecule has 2 atom stereocenters. The number of amides is 1. The third-order valence-corrected chi connectivity index (χ3v) is 6.34. The van der Waals surface area contributed by atoms with Crippen molar-refractivity contribution in [1.82, 2.24) is 9.97 Å². The fourth-order valence-corrected chi connectivity index (χ4v) is 5.38. The van der Waals surface area contributed by atoms with E-state index < -0.39 is 0 Å². The highest BCUT2D eigenvalue weighted by molar-refractivity contribution is 8.01. The predicted molar refractivity (Wildman–Crippen MR) is 101 cm³/mol. The van der Waals surface area contributed by atoms with Gasteiger partial charge in [-0.15, -0.1) is 11.8 Å². The Hall–Kier alpha value is -1.60. The van der Waals surface area contributed by atoms with Crippen LogP contribution in [-0.4, -0.2) is 26.9 Å². The molecule has 132 valence electrons. The number of thioether (sulfide) groups is 2. The highest BCUT2D eigenvalue weighted by Gasteiger charge is 2.33. The molecule has 3 rings (SSSR count). The number of aryl methyl sites for hydroxylation is 1.